The second-order valence-electron chi connectivity index (χ2n) is 6.22. The highest BCUT2D eigenvalue weighted by molar-refractivity contribution is 6.31. The van der Waals surface area contributed by atoms with Crippen LogP contribution in [0.3, 0.4) is 0 Å². The van der Waals surface area contributed by atoms with Crippen LogP contribution < -0.4 is 5.90 Å². The average Bonchev–Trinajstić information content (AvgIpc) is 2.94. The number of ketones is 1. The number of nitrogens with two attached hydrogens (primary N) is 1. The third-order valence-corrected chi connectivity index (χ3v) is 4.63. The topological polar surface area (TPSA) is 142 Å². The van der Waals surface area contributed by atoms with Crippen LogP contribution in [-0.2, 0) is 0 Å². The van der Waals surface area contributed by atoms with Crippen molar-refractivity contribution in [1.82, 2.24) is 9.97 Å². The number of hydrogen-bond acceptors (Lipinski definition) is 8. The molecule has 8 nitrogen and oxygen atoms in total. The van der Waals surface area contributed by atoms with E-state index in [1.165, 1.54) is 0 Å². The number of oxime groups is 1. The fourth-order valence-corrected chi connectivity index (χ4v) is 2.87. The summed E-state index contributed by atoms with van der Waals surface area (Å²) in [5, 5.41) is 27.0. The molecular weight excluding hydrogens is 527 g/mol. The van der Waals surface area contributed by atoms with Gasteiger partial charge in [0.2, 0.25) is 5.78 Å². The summed E-state index contributed by atoms with van der Waals surface area (Å²) >= 11 is 11.5. The molecule has 2 aromatic heterocycles. The Hall–Kier alpha value is -3.37. The molecule has 0 radical (unpaired) electrons. The van der Waals surface area contributed by atoms with E-state index in [-0.39, 0.29) is 18.2 Å². The number of halogens is 3. The van der Waals surface area contributed by atoms with Crippen molar-refractivity contribution < 1.29 is 20.3 Å². The molecular formula is C25H25Cl3N4O4. The Kier molecular flexibility index (Phi) is 17.1. The summed E-state index contributed by atoms with van der Waals surface area (Å²) in [7, 11) is 1.00. The van der Waals surface area contributed by atoms with E-state index in [0.29, 0.717) is 32.7 Å². The van der Waals surface area contributed by atoms with E-state index in [0.717, 1.165) is 12.7 Å². The molecule has 4 aromatic rings. The van der Waals surface area contributed by atoms with Crippen LogP contribution in [0.2, 0.25) is 10.0 Å². The number of benzene rings is 2. The first kappa shape index (κ1) is 32.6. The van der Waals surface area contributed by atoms with Crippen LogP contribution in [-0.4, -0.2) is 44.1 Å². The molecule has 0 bridgehead atoms. The number of aliphatic hydroxyl groups is 1. The minimum Gasteiger partial charge on any atom is -0.410 e. The zero-order valence-corrected chi connectivity index (χ0v) is 21.4. The summed E-state index contributed by atoms with van der Waals surface area (Å²) in [5.74, 6) is 3.41. The van der Waals surface area contributed by atoms with Crippen LogP contribution in [0.5, 0.6) is 0 Å². The summed E-state index contributed by atoms with van der Waals surface area (Å²) in [6.07, 6.45) is 3.25. The molecule has 190 valence electrons. The van der Waals surface area contributed by atoms with E-state index in [1.54, 1.807) is 91.3 Å². The Labute approximate surface area is 225 Å². The second kappa shape index (κ2) is 18.9. The molecule has 5 N–H and O–H groups in total. The van der Waals surface area contributed by atoms with Crippen molar-refractivity contribution >= 4 is 47.1 Å². The van der Waals surface area contributed by atoms with Crippen LogP contribution >= 0.6 is 35.6 Å². The maximum atomic E-state index is 11.9. The number of carbonyl (C=O) groups is 1. The molecule has 11 heteroatoms. The summed E-state index contributed by atoms with van der Waals surface area (Å²) in [5.41, 5.74) is 2.85. The van der Waals surface area contributed by atoms with Crippen LogP contribution in [0.1, 0.15) is 27.3 Å². The van der Waals surface area contributed by atoms with Gasteiger partial charge in [0.05, 0.1) is 5.69 Å². The number of nitrogens with zero attached hydrogens (tertiary/aromatic N) is 3. The van der Waals surface area contributed by atoms with Crippen molar-refractivity contribution in [2.75, 3.05) is 7.11 Å². The van der Waals surface area contributed by atoms with Gasteiger partial charge in [-0.3, -0.25) is 14.8 Å². The molecule has 0 fully saturated rings. The molecule has 0 aliphatic carbocycles. The Morgan fingerprint density at radius 2 is 1.14 bits per heavy atom. The van der Waals surface area contributed by atoms with Gasteiger partial charge < -0.3 is 15.5 Å². The number of hydrogen-bond donors (Lipinski definition) is 4. The highest BCUT2D eigenvalue weighted by Crippen LogP contribution is 2.14. The first-order valence-electron chi connectivity index (χ1n) is 9.89. The van der Waals surface area contributed by atoms with Gasteiger partial charge in [0, 0.05) is 40.7 Å². The fourth-order valence-electron chi connectivity index (χ4n) is 2.61. The summed E-state index contributed by atoms with van der Waals surface area (Å²) in [6, 6.07) is 24.5. The quantitative estimate of drug-likeness (QED) is 0.117. The maximum Gasteiger partial charge on any atom is 0.211 e. The number of carbonyl (C=O) groups excluding carboxylic acids is 1. The zero-order valence-electron chi connectivity index (χ0n) is 19.1. The maximum absolute atomic E-state index is 11.9. The molecule has 36 heavy (non-hydrogen) atoms. The van der Waals surface area contributed by atoms with Gasteiger partial charge in [0.15, 0.2) is 0 Å². The van der Waals surface area contributed by atoms with Crippen molar-refractivity contribution in [2.24, 2.45) is 11.1 Å². The van der Waals surface area contributed by atoms with E-state index in [2.05, 4.69) is 21.0 Å². The molecule has 2 heterocycles. The number of aromatic nitrogens is 2. The SMILES string of the molecule is CO.Cl.NO.O/N=C(/c1ccc(Cl)cc1)c1ccccn1.O=C(c1ccc(Cl)cc1)c1ccccn1. The van der Waals surface area contributed by atoms with Gasteiger partial charge in [-0.05, 0) is 60.7 Å². The molecule has 0 saturated carbocycles. The predicted octanol–water partition coefficient (Wildman–Crippen LogP) is 5.29. The third kappa shape index (κ3) is 10.5. The zero-order chi connectivity index (χ0) is 26.1. The van der Waals surface area contributed by atoms with Crippen molar-refractivity contribution in [3.63, 3.8) is 0 Å². The lowest BCUT2D eigenvalue weighted by molar-refractivity contribution is 0.103. The number of pyridine rings is 2. The van der Waals surface area contributed by atoms with E-state index >= 15 is 0 Å². The molecule has 0 aliphatic heterocycles. The number of aliphatic hydroxyl groups excluding tert-OH is 1. The van der Waals surface area contributed by atoms with Crippen LogP contribution in [0, 0.1) is 0 Å². The van der Waals surface area contributed by atoms with E-state index in [9.17, 15) is 4.79 Å². The largest absolute Gasteiger partial charge is 0.410 e. The van der Waals surface area contributed by atoms with Gasteiger partial charge in [-0.15, -0.1) is 12.4 Å². The van der Waals surface area contributed by atoms with Crippen LogP contribution in [0.25, 0.3) is 0 Å². The lowest BCUT2D eigenvalue weighted by Crippen LogP contribution is -2.05. The third-order valence-electron chi connectivity index (χ3n) is 4.13. The minimum atomic E-state index is -0.0905. The fraction of sp³-hybridized carbons (Fsp3) is 0.0400. The van der Waals surface area contributed by atoms with Gasteiger partial charge in [0.25, 0.3) is 0 Å². The molecule has 0 saturated heterocycles. The molecule has 0 atom stereocenters. The Balaban J connectivity index is 0.000000585. The normalized spacial score (nSPS) is 9.56. The van der Waals surface area contributed by atoms with E-state index < -0.39 is 0 Å². The molecule has 4 rings (SSSR count). The lowest BCUT2D eigenvalue weighted by atomic mass is 10.1. The molecule has 0 aliphatic rings. The summed E-state index contributed by atoms with van der Waals surface area (Å²) in [4.78, 5) is 20.0. The van der Waals surface area contributed by atoms with Crippen LogP contribution in [0.4, 0.5) is 0 Å². The minimum absolute atomic E-state index is 0. The van der Waals surface area contributed by atoms with E-state index in [4.69, 9.17) is 38.7 Å². The van der Waals surface area contributed by atoms with Gasteiger partial charge in [-0.25, -0.2) is 5.90 Å². The Bertz CT molecular complexity index is 1160. The summed E-state index contributed by atoms with van der Waals surface area (Å²) < 4.78 is 0. The van der Waals surface area contributed by atoms with Gasteiger partial charge in [-0.2, -0.15) is 0 Å². The highest BCUT2D eigenvalue weighted by Gasteiger charge is 2.09. The van der Waals surface area contributed by atoms with Gasteiger partial charge in [-0.1, -0.05) is 52.6 Å². The second-order valence-corrected chi connectivity index (χ2v) is 7.09. The first-order valence-corrected chi connectivity index (χ1v) is 10.7. The molecule has 2 aromatic carbocycles. The molecule has 0 spiro atoms. The molecule has 0 unspecified atom stereocenters. The lowest BCUT2D eigenvalue weighted by Gasteiger charge is -2.03. The van der Waals surface area contributed by atoms with Gasteiger partial charge in [0.1, 0.15) is 11.4 Å². The van der Waals surface area contributed by atoms with Crippen molar-refractivity contribution in [1.29, 1.82) is 0 Å². The summed E-state index contributed by atoms with van der Waals surface area (Å²) in [6.45, 7) is 0. The molecule has 0 amide bonds. The Morgan fingerprint density at radius 1 is 0.722 bits per heavy atom. The van der Waals surface area contributed by atoms with Crippen molar-refractivity contribution in [3.05, 3.63) is 130 Å². The van der Waals surface area contributed by atoms with Crippen molar-refractivity contribution in [2.45, 2.75) is 0 Å². The predicted molar refractivity (Wildman–Crippen MR) is 144 cm³/mol. The standard InChI is InChI=1S/C12H9ClN2O.C12H8ClNO.CH4O.ClH.H3NO/c13-10-6-4-9(5-7-10)12(15-16)11-3-1-2-8-14-11;13-10-6-4-9(5-7-10)12(15)11-3-1-2-8-14-11;1-2;;1-2/h1-8,16H;1-8H;2H,1H3;1H;2H,1H2/b15-12-;;;;. The monoisotopic (exact) mass is 550 g/mol. The van der Waals surface area contributed by atoms with Gasteiger partial charge >= 0.3 is 0 Å². The van der Waals surface area contributed by atoms with Crippen LogP contribution in [0.15, 0.2) is 102 Å². The van der Waals surface area contributed by atoms with E-state index in [1.807, 2.05) is 6.07 Å². The van der Waals surface area contributed by atoms with Crippen molar-refractivity contribution in [3.8, 4) is 0 Å². The smallest absolute Gasteiger partial charge is 0.211 e. The average molecular weight is 552 g/mol. The first-order chi connectivity index (χ1) is 17.1. The number of rotatable bonds is 4. The highest BCUT2D eigenvalue weighted by atomic mass is 35.5. The Morgan fingerprint density at radius 3 is 1.53 bits per heavy atom.